The van der Waals surface area contributed by atoms with Crippen LogP contribution in [-0.4, -0.2) is 62.1 Å². The van der Waals surface area contributed by atoms with Gasteiger partial charge < -0.3 is 10.1 Å². The molecule has 1 aromatic carbocycles. The van der Waals surface area contributed by atoms with Crippen molar-refractivity contribution in [2.75, 3.05) is 44.3 Å². The summed E-state index contributed by atoms with van der Waals surface area (Å²) in [7, 11) is 0. The molecular formula is C16H21N3O3. The van der Waals surface area contributed by atoms with Gasteiger partial charge >= 0.3 is 0 Å². The van der Waals surface area contributed by atoms with Gasteiger partial charge in [0.2, 0.25) is 5.91 Å². The molecule has 6 nitrogen and oxygen atoms in total. The number of morpholine rings is 1. The lowest BCUT2D eigenvalue weighted by molar-refractivity contribution is -0.121. The van der Waals surface area contributed by atoms with Crippen LogP contribution in [0, 0.1) is 0 Å². The van der Waals surface area contributed by atoms with Gasteiger partial charge in [-0.1, -0.05) is 18.2 Å². The Bertz CT molecular complexity index is 529. The Kier molecular flexibility index (Phi) is 4.82. The zero-order valence-corrected chi connectivity index (χ0v) is 12.5. The number of ether oxygens (including phenoxy) is 1. The zero-order valence-electron chi connectivity index (χ0n) is 12.5. The van der Waals surface area contributed by atoms with E-state index in [1.54, 1.807) is 12.1 Å². The molecule has 2 saturated heterocycles. The number of hydrogen-bond donors (Lipinski definition) is 1. The SMILES string of the molecule is O=C1C[C@H](NCCN2CCOCC2)C(=O)N1c1ccccc1. The minimum Gasteiger partial charge on any atom is -0.379 e. The monoisotopic (exact) mass is 303 g/mol. The van der Waals surface area contributed by atoms with Crippen LogP contribution in [-0.2, 0) is 14.3 Å². The maximum absolute atomic E-state index is 12.4. The lowest BCUT2D eigenvalue weighted by Gasteiger charge is -2.27. The molecular weight excluding hydrogens is 282 g/mol. The van der Waals surface area contributed by atoms with Gasteiger partial charge in [-0.3, -0.25) is 14.5 Å². The Hall–Kier alpha value is -1.76. The third-order valence-electron chi connectivity index (χ3n) is 4.08. The van der Waals surface area contributed by atoms with Crippen molar-refractivity contribution in [3.63, 3.8) is 0 Å². The summed E-state index contributed by atoms with van der Waals surface area (Å²) >= 11 is 0. The van der Waals surface area contributed by atoms with Crippen LogP contribution in [0.3, 0.4) is 0 Å². The number of rotatable bonds is 5. The van der Waals surface area contributed by atoms with Crippen LogP contribution < -0.4 is 10.2 Å². The predicted octanol–water partition coefficient (Wildman–Crippen LogP) is 0.240. The van der Waals surface area contributed by atoms with Crippen LogP contribution in [0.2, 0.25) is 0 Å². The Labute approximate surface area is 130 Å². The first-order valence-electron chi connectivity index (χ1n) is 7.71. The third kappa shape index (κ3) is 3.35. The average Bonchev–Trinajstić information content (AvgIpc) is 2.83. The summed E-state index contributed by atoms with van der Waals surface area (Å²) < 4.78 is 5.31. The molecule has 1 N–H and O–H groups in total. The second-order valence-electron chi connectivity index (χ2n) is 5.57. The van der Waals surface area contributed by atoms with E-state index >= 15 is 0 Å². The van der Waals surface area contributed by atoms with E-state index in [4.69, 9.17) is 4.74 Å². The molecule has 0 radical (unpaired) electrons. The van der Waals surface area contributed by atoms with Gasteiger partial charge in [-0.15, -0.1) is 0 Å². The highest BCUT2D eigenvalue weighted by Gasteiger charge is 2.39. The smallest absolute Gasteiger partial charge is 0.251 e. The molecule has 22 heavy (non-hydrogen) atoms. The van der Waals surface area contributed by atoms with Gasteiger partial charge in [0, 0.05) is 26.2 Å². The van der Waals surface area contributed by atoms with Crippen LogP contribution in [0.1, 0.15) is 6.42 Å². The number of benzene rings is 1. The van der Waals surface area contributed by atoms with E-state index in [-0.39, 0.29) is 18.2 Å². The second-order valence-corrected chi connectivity index (χ2v) is 5.57. The molecule has 2 aliphatic rings. The molecule has 0 bridgehead atoms. The summed E-state index contributed by atoms with van der Waals surface area (Å²) in [6.45, 7) is 4.95. The fraction of sp³-hybridized carbons (Fsp3) is 0.500. The molecule has 2 amide bonds. The lowest BCUT2D eigenvalue weighted by atomic mass is 10.2. The number of imide groups is 1. The van der Waals surface area contributed by atoms with Gasteiger partial charge in [-0.05, 0) is 12.1 Å². The van der Waals surface area contributed by atoms with E-state index in [0.29, 0.717) is 12.2 Å². The molecule has 2 aliphatic heterocycles. The lowest BCUT2D eigenvalue weighted by Crippen LogP contribution is -2.44. The molecule has 0 aromatic heterocycles. The first-order valence-corrected chi connectivity index (χ1v) is 7.71. The topological polar surface area (TPSA) is 61.9 Å². The van der Waals surface area contributed by atoms with Crippen molar-refractivity contribution < 1.29 is 14.3 Å². The van der Waals surface area contributed by atoms with Crippen LogP contribution in [0.25, 0.3) is 0 Å². The van der Waals surface area contributed by atoms with E-state index in [1.807, 2.05) is 18.2 Å². The van der Waals surface area contributed by atoms with E-state index in [1.165, 1.54) is 4.90 Å². The van der Waals surface area contributed by atoms with Crippen molar-refractivity contribution in [3.8, 4) is 0 Å². The number of carbonyl (C=O) groups is 2. The highest BCUT2D eigenvalue weighted by molar-refractivity contribution is 6.22. The van der Waals surface area contributed by atoms with Gasteiger partial charge in [0.15, 0.2) is 0 Å². The minimum atomic E-state index is -0.409. The molecule has 0 aliphatic carbocycles. The molecule has 6 heteroatoms. The number of para-hydroxylation sites is 1. The molecule has 2 heterocycles. The second kappa shape index (κ2) is 7.00. The molecule has 3 rings (SSSR count). The summed E-state index contributed by atoms with van der Waals surface area (Å²) in [5.41, 5.74) is 0.648. The molecule has 2 fully saturated rings. The van der Waals surface area contributed by atoms with E-state index < -0.39 is 6.04 Å². The number of amides is 2. The molecule has 0 unspecified atom stereocenters. The Morgan fingerprint density at radius 3 is 2.59 bits per heavy atom. The fourth-order valence-electron chi connectivity index (χ4n) is 2.86. The van der Waals surface area contributed by atoms with Crippen LogP contribution in [0.5, 0.6) is 0 Å². The van der Waals surface area contributed by atoms with E-state index in [9.17, 15) is 9.59 Å². The summed E-state index contributed by atoms with van der Waals surface area (Å²) in [6, 6.07) is 8.68. The standard InChI is InChI=1S/C16H21N3O3/c20-15-12-14(17-6-7-18-8-10-22-11-9-18)16(21)19(15)13-4-2-1-3-5-13/h1-5,14,17H,6-12H2/t14-/m0/s1. The summed E-state index contributed by atoms with van der Waals surface area (Å²) in [4.78, 5) is 28.1. The zero-order chi connectivity index (χ0) is 15.4. The van der Waals surface area contributed by atoms with Crippen molar-refractivity contribution >= 4 is 17.5 Å². The molecule has 118 valence electrons. The largest absolute Gasteiger partial charge is 0.379 e. The maximum Gasteiger partial charge on any atom is 0.251 e. The summed E-state index contributed by atoms with van der Waals surface area (Å²) in [6.07, 6.45) is 0.233. The van der Waals surface area contributed by atoms with E-state index in [0.717, 1.165) is 32.8 Å². The molecule has 1 atom stereocenters. The highest BCUT2D eigenvalue weighted by atomic mass is 16.5. The Balaban J connectivity index is 1.53. The van der Waals surface area contributed by atoms with Crippen molar-refractivity contribution in [2.24, 2.45) is 0 Å². The van der Waals surface area contributed by atoms with Gasteiger partial charge in [-0.2, -0.15) is 0 Å². The highest BCUT2D eigenvalue weighted by Crippen LogP contribution is 2.22. The van der Waals surface area contributed by atoms with Crippen LogP contribution in [0.4, 0.5) is 5.69 Å². The minimum absolute atomic E-state index is 0.139. The van der Waals surface area contributed by atoms with Crippen molar-refractivity contribution in [2.45, 2.75) is 12.5 Å². The van der Waals surface area contributed by atoms with E-state index in [2.05, 4.69) is 10.2 Å². The predicted molar refractivity (Wildman–Crippen MR) is 82.6 cm³/mol. The number of nitrogens with one attached hydrogen (secondary N) is 1. The van der Waals surface area contributed by atoms with Crippen molar-refractivity contribution in [3.05, 3.63) is 30.3 Å². The van der Waals surface area contributed by atoms with Gasteiger partial charge in [0.1, 0.15) is 0 Å². The van der Waals surface area contributed by atoms with Crippen LogP contribution in [0.15, 0.2) is 30.3 Å². The number of anilines is 1. The maximum atomic E-state index is 12.4. The van der Waals surface area contributed by atoms with Crippen molar-refractivity contribution in [1.82, 2.24) is 10.2 Å². The van der Waals surface area contributed by atoms with Crippen molar-refractivity contribution in [1.29, 1.82) is 0 Å². The fourth-order valence-corrected chi connectivity index (χ4v) is 2.86. The van der Waals surface area contributed by atoms with Gasteiger partial charge in [-0.25, -0.2) is 4.90 Å². The Morgan fingerprint density at radius 2 is 1.86 bits per heavy atom. The summed E-state index contributed by atoms with van der Waals surface area (Å²) in [5, 5.41) is 3.21. The first kappa shape index (κ1) is 15.1. The van der Waals surface area contributed by atoms with Gasteiger partial charge in [0.25, 0.3) is 5.91 Å². The normalized spacial score (nSPS) is 23.3. The first-order chi connectivity index (χ1) is 10.8. The number of carbonyl (C=O) groups excluding carboxylic acids is 2. The third-order valence-corrected chi connectivity index (χ3v) is 4.08. The van der Waals surface area contributed by atoms with Gasteiger partial charge in [0.05, 0.1) is 31.4 Å². The van der Waals surface area contributed by atoms with Crippen LogP contribution >= 0.6 is 0 Å². The quantitative estimate of drug-likeness (QED) is 0.790. The molecule has 1 aromatic rings. The Morgan fingerprint density at radius 1 is 1.14 bits per heavy atom. The number of nitrogens with zero attached hydrogens (tertiary/aromatic N) is 2. The summed E-state index contributed by atoms with van der Waals surface area (Å²) in [5.74, 6) is -0.293. The molecule has 0 saturated carbocycles. The molecule has 0 spiro atoms. The average molecular weight is 303 g/mol. The number of hydrogen-bond acceptors (Lipinski definition) is 5.